The first-order chi connectivity index (χ1) is 11.1. The van der Waals surface area contributed by atoms with Gasteiger partial charge >= 0.3 is 0 Å². The molecule has 0 aliphatic rings. The molecule has 1 N–H and O–H groups in total. The molecule has 0 radical (unpaired) electrons. The molecule has 0 atom stereocenters. The quantitative estimate of drug-likeness (QED) is 0.759. The van der Waals surface area contributed by atoms with Crippen LogP contribution >= 0.6 is 11.3 Å². The number of thiazole rings is 1. The first-order valence-corrected chi connectivity index (χ1v) is 8.29. The van der Waals surface area contributed by atoms with Gasteiger partial charge in [-0.1, -0.05) is 35.6 Å². The van der Waals surface area contributed by atoms with Crippen molar-refractivity contribution in [2.45, 2.75) is 20.3 Å². The van der Waals surface area contributed by atoms with Crippen LogP contribution in [-0.4, -0.2) is 17.5 Å². The fraction of sp³-hybridized carbons (Fsp3) is 0.222. The third kappa shape index (κ3) is 3.68. The Hall–Kier alpha value is -2.40. The van der Waals surface area contributed by atoms with E-state index in [9.17, 15) is 4.79 Å². The zero-order chi connectivity index (χ0) is 16.2. The standard InChI is InChI=1S/C18H18N2O2S/c1-12-8-9-15-17(13(12)2)20-18(23-15)19-16(21)10-11-22-14-6-4-3-5-7-14/h3-9H,10-11H2,1-2H3,(H,19,20,21). The maximum absolute atomic E-state index is 12.0. The van der Waals surface area contributed by atoms with E-state index in [1.807, 2.05) is 36.4 Å². The minimum absolute atomic E-state index is 0.0886. The Bertz CT molecular complexity index is 828. The van der Waals surface area contributed by atoms with Crippen LogP contribution in [-0.2, 0) is 4.79 Å². The number of aryl methyl sites for hydroxylation is 2. The van der Waals surface area contributed by atoms with Crippen molar-refractivity contribution in [1.82, 2.24) is 4.98 Å². The summed E-state index contributed by atoms with van der Waals surface area (Å²) in [5, 5.41) is 3.49. The van der Waals surface area contributed by atoms with E-state index in [1.165, 1.54) is 16.9 Å². The minimum atomic E-state index is -0.0886. The lowest BCUT2D eigenvalue weighted by molar-refractivity contribution is -0.116. The first-order valence-electron chi connectivity index (χ1n) is 7.48. The number of hydrogen-bond donors (Lipinski definition) is 1. The van der Waals surface area contributed by atoms with E-state index in [1.54, 1.807) is 0 Å². The number of carbonyl (C=O) groups excluding carboxylic acids is 1. The van der Waals surface area contributed by atoms with Gasteiger partial charge in [0.2, 0.25) is 5.91 Å². The van der Waals surface area contributed by atoms with E-state index < -0.39 is 0 Å². The molecule has 1 heterocycles. The normalized spacial score (nSPS) is 10.7. The van der Waals surface area contributed by atoms with Gasteiger partial charge in [0, 0.05) is 0 Å². The van der Waals surface area contributed by atoms with Crippen molar-refractivity contribution in [3.63, 3.8) is 0 Å². The molecule has 23 heavy (non-hydrogen) atoms. The molecule has 4 nitrogen and oxygen atoms in total. The summed E-state index contributed by atoms with van der Waals surface area (Å²) in [7, 11) is 0. The monoisotopic (exact) mass is 326 g/mol. The lowest BCUT2D eigenvalue weighted by Gasteiger charge is -2.05. The maximum Gasteiger partial charge on any atom is 0.229 e. The summed E-state index contributed by atoms with van der Waals surface area (Å²) in [6, 6.07) is 13.6. The van der Waals surface area contributed by atoms with Crippen LogP contribution in [0.5, 0.6) is 5.75 Å². The van der Waals surface area contributed by atoms with Crippen molar-refractivity contribution in [1.29, 1.82) is 0 Å². The zero-order valence-corrected chi connectivity index (χ0v) is 13.9. The number of benzene rings is 2. The third-order valence-electron chi connectivity index (χ3n) is 3.67. The molecular weight excluding hydrogens is 308 g/mol. The Kier molecular flexibility index (Phi) is 4.57. The van der Waals surface area contributed by atoms with Gasteiger partial charge in [0.15, 0.2) is 5.13 Å². The lowest BCUT2D eigenvalue weighted by atomic mass is 10.1. The molecule has 3 aromatic rings. The van der Waals surface area contributed by atoms with Crippen molar-refractivity contribution in [2.24, 2.45) is 0 Å². The number of carbonyl (C=O) groups is 1. The zero-order valence-electron chi connectivity index (χ0n) is 13.1. The fourth-order valence-electron chi connectivity index (χ4n) is 2.24. The number of ether oxygens (including phenoxy) is 1. The molecule has 1 aromatic heterocycles. The largest absolute Gasteiger partial charge is 0.493 e. The summed E-state index contributed by atoms with van der Waals surface area (Å²) in [6.07, 6.45) is 0.294. The summed E-state index contributed by atoms with van der Waals surface area (Å²) in [5.41, 5.74) is 3.33. The van der Waals surface area contributed by atoms with E-state index in [2.05, 4.69) is 30.2 Å². The minimum Gasteiger partial charge on any atom is -0.493 e. The van der Waals surface area contributed by atoms with Crippen molar-refractivity contribution < 1.29 is 9.53 Å². The Balaban J connectivity index is 1.58. The molecule has 0 bridgehead atoms. The highest BCUT2D eigenvalue weighted by molar-refractivity contribution is 7.22. The Morgan fingerprint density at radius 1 is 1.17 bits per heavy atom. The van der Waals surface area contributed by atoms with Gasteiger partial charge in [-0.25, -0.2) is 4.98 Å². The number of nitrogens with one attached hydrogen (secondary N) is 1. The average Bonchev–Trinajstić information content (AvgIpc) is 2.95. The smallest absolute Gasteiger partial charge is 0.229 e. The second-order valence-corrected chi connectivity index (χ2v) is 6.36. The highest BCUT2D eigenvalue weighted by Gasteiger charge is 2.10. The predicted molar refractivity (Wildman–Crippen MR) is 94.3 cm³/mol. The highest BCUT2D eigenvalue weighted by atomic mass is 32.1. The van der Waals surface area contributed by atoms with Gasteiger partial charge in [-0.2, -0.15) is 0 Å². The molecule has 0 fully saturated rings. The number of fused-ring (bicyclic) bond motifs is 1. The highest BCUT2D eigenvalue weighted by Crippen LogP contribution is 2.29. The molecule has 1 amide bonds. The molecule has 0 aliphatic heterocycles. The van der Waals surface area contributed by atoms with Gasteiger partial charge in [0.1, 0.15) is 5.75 Å². The molecule has 2 aromatic carbocycles. The topological polar surface area (TPSA) is 51.2 Å². The van der Waals surface area contributed by atoms with Crippen LogP contribution in [0.4, 0.5) is 5.13 Å². The molecule has 0 spiro atoms. The summed E-state index contributed by atoms with van der Waals surface area (Å²) in [6.45, 7) is 4.46. The molecule has 0 aliphatic carbocycles. The Morgan fingerprint density at radius 2 is 1.96 bits per heavy atom. The molecule has 0 saturated carbocycles. The number of rotatable bonds is 5. The number of para-hydroxylation sites is 1. The lowest BCUT2D eigenvalue weighted by Crippen LogP contribution is -2.15. The second kappa shape index (κ2) is 6.79. The van der Waals surface area contributed by atoms with Crippen molar-refractivity contribution in [3.05, 3.63) is 53.6 Å². The summed E-state index contributed by atoms with van der Waals surface area (Å²) >= 11 is 1.49. The molecular formula is C18H18N2O2S. The van der Waals surface area contributed by atoms with Gasteiger partial charge < -0.3 is 10.1 Å². The number of amides is 1. The Morgan fingerprint density at radius 3 is 2.74 bits per heavy atom. The fourth-order valence-corrected chi connectivity index (χ4v) is 3.18. The third-order valence-corrected chi connectivity index (χ3v) is 4.61. The molecule has 0 saturated heterocycles. The van der Waals surface area contributed by atoms with Gasteiger partial charge in [-0.05, 0) is 43.2 Å². The first kappa shape index (κ1) is 15.5. The van der Waals surface area contributed by atoms with E-state index in [4.69, 9.17) is 4.74 Å². The van der Waals surface area contributed by atoms with Gasteiger partial charge in [-0.3, -0.25) is 4.79 Å². The van der Waals surface area contributed by atoms with Crippen LogP contribution in [0, 0.1) is 13.8 Å². The van der Waals surface area contributed by atoms with Crippen LogP contribution in [0.25, 0.3) is 10.2 Å². The maximum atomic E-state index is 12.0. The van der Waals surface area contributed by atoms with E-state index >= 15 is 0 Å². The van der Waals surface area contributed by atoms with E-state index in [0.717, 1.165) is 21.5 Å². The number of aromatic nitrogens is 1. The van der Waals surface area contributed by atoms with Crippen LogP contribution in [0.3, 0.4) is 0 Å². The SMILES string of the molecule is Cc1ccc2sc(NC(=O)CCOc3ccccc3)nc2c1C. The van der Waals surface area contributed by atoms with Gasteiger partial charge in [0.25, 0.3) is 0 Å². The van der Waals surface area contributed by atoms with Crippen molar-refractivity contribution in [2.75, 3.05) is 11.9 Å². The molecule has 118 valence electrons. The average molecular weight is 326 g/mol. The van der Waals surface area contributed by atoms with Gasteiger partial charge in [-0.15, -0.1) is 0 Å². The van der Waals surface area contributed by atoms with Crippen LogP contribution < -0.4 is 10.1 Å². The van der Waals surface area contributed by atoms with E-state index in [-0.39, 0.29) is 5.91 Å². The molecule has 3 rings (SSSR count). The van der Waals surface area contributed by atoms with Crippen LogP contribution in [0.15, 0.2) is 42.5 Å². The number of nitrogens with zero attached hydrogens (tertiary/aromatic N) is 1. The second-order valence-electron chi connectivity index (χ2n) is 5.33. The van der Waals surface area contributed by atoms with E-state index in [0.29, 0.717) is 18.2 Å². The molecule has 5 heteroatoms. The number of anilines is 1. The Labute approximate surface area is 139 Å². The van der Waals surface area contributed by atoms with Crippen LogP contribution in [0.1, 0.15) is 17.5 Å². The molecule has 0 unspecified atom stereocenters. The van der Waals surface area contributed by atoms with Crippen molar-refractivity contribution >= 4 is 32.6 Å². The number of hydrogen-bond acceptors (Lipinski definition) is 4. The van der Waals surface area contributed by atoms with Gasteiger partial charge in [0.05, 0.1) is 23.2 Å². The van der Waals surface area contributed by atoms with Crippen molar-refractivity contribution in [3.8, 4) is 5.75 Å². The summed E-state index contributed by atoms with van der Waals surface area (Å²) in [4.78, 5) is 16.5. The predicted octanol–water partition coefficient (Wildman–Crippen LogP) is 4.32. The summed E-state index contributed by atoms with van der Waals surface area (Å²) < 4.78 is 6.62. The summed E-state index contributed by atoms with van der Waals surface area (Å²) in [5.74, 6) is 0.681. The van der Waals surface area contributed by atoms with Crippen LogP contribution in [0.2, 0.25) is 0 Å².